The Morgan fingerprint density at radius 1 is 1.08 bits per heavy atom. The van der Waals surface area contributed by atoms with Crippen molar-refractivity contribution in [2.75, 3.05) is 30.3 Å². The zero-order valence-electron chi connectivity index (χ0n) is 14.6. The molecule has 0 aromatic heterocycles. The van der Waals surface area contributed by atoms with Crippen molar-refractivity contribution in [2.24, 2.45) is 0 Å². The van der Waals surface area contributed by atoms with E-state index in [0.717, 1.165) is 25.9 Å². The van der Waals surface area contributed by atoms with Gasteiger partial charge in [-0.1, -0.05) is 18.9 Å². The predicted octanol–water partition coefficient (Wildman–Crippen LogP) is 3.03. The first kappa shape index (κ1) is 18.3. The molecule has 1 aromatic carbocycles. The van der Waals surface area contributed by atoms with Crippen LogP contribution in [0.3, 0.4) is 0 Å². The van der Waals surface area contributed by atoms with Gasteiger partial charge in [-0.25, -0.2) is 4.79 Å². The molecule has 1 atom stereocenters. The molecule has 0 spiro atoms. The van der Waals surface area contributed by atoms with Crippen LogP contribution in [0.1, 0.15) is 39.5 Å². The Bertz CT molecular complexity index is 554. The van der Waals surface area contributed by atoms with Crippen molar-refractivity contribution >= 4 is 23.3 Å². The summed E-state index contributed by atoms with van der Waals surface area (Å²) in [6, 6.07) is 6.80. The SMILES string of the molecule is CCNC(=O)Nc1cccc(NC(=O)C(C)N2CCCCCC2)c1. The largest absolute Gasteiger partial charge is 0.338 e. The van der Waals surface area contributed by atoms with Gasteiger partial charge >= 0.3 is 6.03 Å². The minimum Gasteiger partial charge on any atom is -0.338 e. The zero-order valence-corrected chi connectivity index (χ0v) is 14.6. The number of benzene rings is 1. The number of urea groups is 1. The summed E-state index contributed by atoms with van der Waals surface area (Å²) < 4.78 is 0. The highest BCUT2D eigenvalue weighted by Gasteiger charge is 2.22. The lowest BCUT2D eigenvalue weighted by atomic mass is 10.2. The molecule has 1 aliphatic rings. The first-order chi connectivity index (χ1) is 11.6. The Hall–Kier alpha value is -2.08. The summed E-state index contributed by atoms with van der Waals surface area (Å²) in [6.45, 7) is 6.34. The molecular formula is C18H28N4O2. The number of nitrogens with one attached hydrogen (secondary N) is 3. The van der Waals surface area contributed by atoms with Crippen LogP contribution in [0.2, 0.25) is 0 Å². The number of anilines is 2. The van der Waals surface area contributed by atoms with E-state index in [1.54, 1.807) is 12.1 Å². The third kappa shape index (κ3) is 5.53. The molecule has 3 amide bonds. The molecule has 3 N–H and O–H groups in total. The third-order valence-corrected chi connectivity index (χ3v) is 4.29. The van der Waals surface area contributed by atoms with Gasteiger partial charge in [0.1, 0.15) is 0 Å². The Labute approximate surface area is 144 Å². The van der Waals surface area contributed by atoms with Crippen LogP contribution in [0.4, 0.5) is 16.2 Å². The second-order valence-corrected chi connectivity index (χ2v) is 6.18. The van der Waals surface area contributed by atoms with Gasteiger partial charge in [0.15, 0.2) is 0 Å². The number of carbonyl (C=O) groups excluding carboxylic acids is 2. The summed E-state index contributed by atoms with van der Waals surface area (Å²) >= 11 is 0. The van der Waals surface area contributed by atoms with Crippen LogP contribution in [-0.4, -0.2) is 42.5 Å². The standard InChI is InChI=1S/C18H28N4O2/c1-3-19-18(24)21-16-10-8-9-15(13-16)20-17(23)14(2)22-11-6-4-5-7-12-22/h8-10,13-14H,3-7,11-12H2,1-2H3,(H,20,23)(H2,19,21,24). The fourth-order valence-electron chi connectivity index (χ4n) is 2.91. The summed E-state index contributed by atoms with van der Waals surface area (Å²) in [4.78, 5) is 26.3. The zero-order chi connectivity index (χ0) is 17.4. The van der Waals surface area contributed by atoms with Gasteiger partial charge in [-0.3, -0.25) is 9.69 Å². The number of amides is 3. The molecule has 1 aliphatic heterocycles. The average molecular weight is 332 g/mol. The van der Waals surface area contributed by atoms with Crippen LogP contribution >= 0.6 is 0 Å². The van der Waals surface area contributed by atoms with Gasteiger partial charge in [0.2, 0.25) is 5.91 Å². The first-order valence-corrected chi connectivity index (χ1v) is 8.80. The highest BCUT2D eigenvalue weighted by atomic mass is 16.2. The second-order valence-electron chi connectivity index (χ2n) is 6.18. The van der Waals surface area contributed by atoms with Crippen molar-refractivity contribution in [3.05, 3.63) is 24.3 Å². The summed E-state index contributed by atoms with van der Waals surface area (Å²) in [6.07, 6.45) is 4.81. The molecule has 1 fully saturated rings. The lowest BCUT2D eigenvalue weighted by molar-refractivity contribution is -0.120. The summed E-state index contributed by atoms with van der Waals surface area (Å²) in [5, 5.41) is 8.38. The summed E-state index contributed by atoms with van der Waals surface area (Å²) in [5.74, 6) is -0.00735. The normalized spacial score (nSPS) is 16.8. The third-order valence-electron chi connectivity index (χ3n) is 4.29. The van der Waals surface area contributed by atoms with Crippen LogP contribution in [0, 0.1) is 0 Å². The van der Waals surface area contributed by atoms with Gasteiger partial charge in [-0.05, 0) is 58.0 Å². The molecule has 1 aromatic rings. The Kier molecular flexibility index (Phi) is 7.06. The number of rotatable bonds is 5. The molecule has 0 bridgehead atoms. The smallest absolute Gasteiger partial charge is 0.319 e. The quantitative estimate of drug-likeness (QED) is 0.776. The maximum atomic E-state index is 12.5. The van der Waals surface area contributed by atoms with E-state index >= 15 is 0 Å². The Morgan fingerprint density at radius 2 is 1.71 bits per heavy atom. The maximum Gasteiger partial charge on any atom is 0.319 e. The predicted molar refractivity (Wildman–Crippen MR) is 97.3 cm³/mol. The minimum atomic E-state index is -0.251. The maximum absolute atomic E-state index is 12.5. The molecule has 0 saturated carbocycles. The number of carbonyl (C=O) groups is 2. The van der Waals surface area contributed by atoms with Crippen molar-refractivity contribution in [3.63, 3.8) is 0 Å². The minimum absolute atomic E-state index is 0.00735. The van der Waals surface area contributed by atoms with Crippen molar-refractivity contribution in [1.82, 2.24) is 10.2 Å². The van der Waals surface area contributed by atoms with E-state index in [0.29, 0.717) is 17.9 Å². The summed E-state index contributed by atoms with van der Waals surface area (Å²) in [5.41, 5.74) is 1.34. The van der Waals surface area contributed by atoms with E-state index in [2.05, 4.69) is 20.9 Å². The van der Waals surface area contributed by atoms with E-state index in [-0.39, 0.29) is 18.0 Å². The lowest BCUT2D eigenvalue weighted by Gasteiger charge is -2.26. The highest BCUT2D eigenvalue weighted by molar-refractivity contribution is 5.96. The molecule has 6 heteroatoms. The number of hydrogen-bond acceptors (Lipinski definition) is 3. The van der Waals surface area contributed by atoms with Crippen molar-refractivity contribution in [1.29, 1.82) is 0 Å². The van der Waals surface area contributed by atoms with E-state index in [4.69, 9.17) is 0 Å². The molecule has 0 aliphatic carbocycles. The van der Waals surface area contributed by atoms with E-state index in [1.165, 1.54) is 12.8 Å². The topological polar surface area (TPSA) is 73.5 Å². The van der Waals surface area contributed by atoms with Crippen LogP contribution in [-0.2, 0) is 4.79 Å². The van der Waals surface area contributed by atoms with Gasteiger partial charge in [0.25, 0.3) is 0 Å². The molecule has 24 heavy (non-hydrogen) atoms. The van der Waals surface area contributed by atoms with E-state index in [9.17, 15) is 9.59 Å². The van der Waals surface area contributed by atoms with Gasteiger partial charge in [-0.2, -0.15) is 0 Å². The monoisotopic (exact) mass is 332 g/mol. The Balaban J connectivity index is 1.94. The van der Waals surface area contributed by atoms with Crippen LogP contribution < -0.4 is 16.0 Å². The number of hydrogen-bond donors (Lipinski definition) is 3. The van der Waals surface area contributed by atoms with E-state index < -0.39 is 0 Å². The van der Waals surface area contributed by atoms with Crippen LogP contribution in [0.5, 0.6) is 0 Å². The molecule has 1 heterocycles. The number of likely N-dealkylation sites (tertiary alicyclic amines) is 1. The highest BCUT2D eigenvalue weighted by Crippen LogP contribution is 2.17. The van der Waals surface area contributed by atoms with E-state index in [1.807, 2.05) is 26.0 Å². The summed E-state index contributed by atoms with van der Waals surface area (Å²) in [7, 11) is 0. The van der Waals surface area contributed by atoms with Crippen molar-refractivity contribution in [2.45, 2.75) is 45.6 Å². The molecule has 0 radical (unpaired) electrons. The molecule has 1 unspecified atom stereocenters. The second kappa shape index (κ2) is 9.27. The first-order valence-electron chi connectivity index (χ1n) is 8.80. The molecule has 6 nitrogen and oxygen atoms in total. The molecular weight excluding hydrogens is 304 g/mol. The van der Waals surface area contributed by atoms with Gasteiger partial charge in [0.05, 0.1) is 6.04 Å². The number of nitrogens with zero attached hydrogens (tertiary/aromatic N) is 1. The molecule has 2 rings (SSSR count). The average Bonchev–Trinajstić information content (AvgIpc) is 2.84. The lowest BCUT2D eigenvalue weighted by Crippen LogP contribution is -2.42. The van der Waals surface area contributed by atoms with Crippen LogP contribution in [0.25, 0.3) is 0 Å². The van der Waals surface area contributed by atoms with Crippen molar-refractivity contribution in [3.8, 4) is 0 Å². The van der Waals surface area contributed by atoms with Gasteiger partial charge < -0.3 is 16.0 Å². The molecule has 132 valence electrons. The molecule has 1 saturated heterocycles. The fraction of sp³-hybridized carbons (Fsp3) is 0.556. The van der Waals surface area contributed by atoms with Gasteiger partial charge in [-0.15, -0.1) is 0 Å². The van der Waals surface area contributed by atoms with Gasteiger partial charge in [0, 0.05) is 17.9 Å². The Morgan fingerprint density at radius 3 is 2.33 bits per heavy atom. The van der Waals surface area contributed by atoms with Crippen LogP contribution in [0.15, 0.2) is 24.3 Å². The fourth-order valence-corrected chi connectivity index (χ4v) is 2.91. The van der Waals surface area contributed by atoms with Crippen molar-refractivity contribution < 1.29 is 9.59 Å².